The molecule has 1 aromatic heterocycles. The second kappa shape index (κ2) is 6.59. The molecule has 0 aliphatic heterocycles. The molecule has 0 fully saturated rings. The van der Waals surface area contributed by atoms with Crippen molar-refractivity contribution in [1.82, 2.24) is 9.55 Å². The van der Waals surface area contributed by atoms with E-state index in [9.17, 15) is 4.79 Å². The third-order valence-electron chi connectivity index (χ3n) is 3.19. The van der Waals surface area contributed by atoms with Crippen LogP contribution in [0.15, 0.2) is 48.5 Å². The van der Waals surface area contributed by atoms with Gasteiger partial charge in [-0.15, -0.1) is 0 Å². The number of nitrogens with zero attached hydrogens (tertiary/aromatic N) is 2. The average Bonchev–Trinajstić information content (AvgIpc) is 2.94. The number of amides is 1. The number of aromatic nitrogens is 2. The summed E-state index contributed by atoms with van der Waals surface area (Å²) in [6, 6.07) is 13.5. The summed E-state index contributed by atoms with van der Waals surface area (Å²) in [5.74, 6) is 0.563. The van der Waals surface area contributed by atoms with Gasteiger partial charge < -0.3 is 9.47 Å². The van der Waals surface area contributed by atoms with Gasteiger partial charge in [-0.05, 0) is 36.4 Å². The van der Waals surface area contributed by atoms with Crippen LogP contribution in [0.1, 0.15) is 0 Å². The molecule has 0 aliphatic rings. The summed E-state index contributed by atoms with van der Waals surface area (Å²) in [5.41, 5.74) is 1.22. The van der Waals surface area contributed by atoms with Gasteiger partial charge in [0.25, 0.3) is 0 Å². The molecule has 0 saturated carbocycles. The Morgan fingerprint density at radius 2 is 1.92 bits per heavy atom. The summed E-state index contributed by atoms with van der Waals surface area (Å²) in [6.07, 6.45) is -0.689. The number of hydrogen-bond acceptors (Lipinski definition) is 5. The maximum atomic E-state index is 11.5. The molecule has 0 aliphatic carbocycles. The zero-order chi connectivity index (χ0) is 17.1. The number of carbonyl (C=O) groups is 1. The van der Waals surface area contributed by atoms with Crippen molar-refractivity contribution in [3.63, 3.8) is 0 Å². The van der Waals surface area contributed by atoms with Gasteiger partial charge >= 0.3 is 12.1 Å². The Labute approximate surface area is 142 Å². The molecule has 122 valence electrons. The smallest absolute Gasteiger partial charge is 0.413 e. The summed E-state index contributed by atoms with van der Waals surface area (Å²) in [6.45, 7) is 0. The van der Waals surface area contributed by atoms with Gasteiger partial charge in [-0.1, -0.05) is 23.7 Å². The minimum atomic E-state index is -0.689. The number of hydrogen-bond donors (Lipinski definition) is 2. The number of fused-ring (bicyclic) bond motifs is 1. The Bertz CT molecular complexity index is 905. The van der Waals surface area contributed by atoms with E-state index in [1.807, 2.05) is 6.07 Å². The molecule has 2 aromatic carbocycles. The van der Waals surface area contributed by atoms with Gasteiger partial charge in [-0.25, -0.2) is 14.3 Å². The van der Waals surface area contributed by atoms with Gasteiger partial charge in [-0.3, -0.25) is 10.7 Å². The fourth-order valence-electron chi connectivity index (χ4n) is 2.12. The Kier molecular flexibility index (Phi) is 4.35. The van der Waals surface area contributed by atoms with Crippen molar-refractivity contribution in [3.05, 3.63) is 53.6 Å². The SMILES string of the molecule is COC(=O)Nc1nc2ccccc2n1C(=N)Oc1ccc(Cl)cc1. The van der Waals surface area contributed by atoms with Crippen molar-refractivity contribution >= 4 is 40.7 Å². The van der Waals surface area contributed by atoms with Crippen molar-refractivity contribution < 1.29 is 14.3 Å². The standard InChI is InChI=1S/C16H13ClN4O3/c1-23-16(22)20-15-19-12-4-2-3-5-13(12)21(15)14(18)24-11-8-6-10(17)7-9-11/h2-9,18H,1H3,(H,19,20,22). The second-order valence-corrected chi connectivity index (χ2v) is 5.17. The van der Waals surface area contributed by atoms with Gasteiger partial charge in [0.2, 0.25) is 5.95 Å². The van der Waals surface area contributed by atoms with E-state index < -0.39 is 6.09 Å². The van der Waals surface area contributed by atoms with Crippen molar-refractivity contribution in [3.8, 4) is 5.75 Å². The van der Waals surface area contributed by atoms with E-state index in [2.05, 4.69) is 15.0 Å². The van der Waals surface area contributed by atoms with Crippen LogP contribution in [0.5, 0.6) is 5.75 Å². The molecular weight excluding hydrogens is 332 g/mol. The van der Waals surface area contributed by atoms with E-state index >= 15 is 0 Å². The number of nitrogens with one attached hydrogen (secondary N) is 2. The molecule has 0 atom stereocenters. The van der Waals surface area contributed by atoms with Crippen LogP contribution in [0.2, 0.25) is 5.02 Å². The lowest BCUT2D eigenvalue weighted by Crippen LogP contribution is -2.22. The van der Waals surface area contributed by atoms with E-state index in [4.69, 9.17) is 21.7 Å². The van der Waals surface area contributed by atoms with Gasteiger partial charge in [0.15, 0.2) is 0 Å². The molecule has 0 bridgehead atoms. The van der Waals surface area contributed by atoms with Gasteiger partial charge in [-0.2, -0.15) is 0 Å². The van der Waals surface area contributed by atoms with E-state index in [0.29, 0.717) is 21.8 Å². The predicted molar refractivity (Wildman–Crippen MR) is 91.0 cm³/mol. The van der Waals surface area contributed by atoms with Gasteiger partial charge in [0, 0.05) is 5.02 Å². The number of carbonyl (C=O) groups excluding carboxylic acids is 1. The lowest BCUT2D eigenvalue weighted by molar-refractivity contribution is 0.186. The van der Waals surface area contributed by atoms with Crippen LogP contribution in [0.25, 0.3) is 11.0 Å². The molecule has 24 heavy (non-hydrogen) atoms. The van der Waals surface area contributed by atoms with Crippen LogP contribution in [0.4, 0.5) is 10.7 Å². The zero-order valence-electron chi connectivity index (χ0n) is 12.6. The highest BCUT2D eigenvalue weighted by Crippen LogP contribution is 2.21. The highest BCUT2D eigenvalue weighted by atomic mass is 35.5. The monoisotopic (exact) mass is 344 g/mol. The van der Waals surface area contributed by atoms with Crippen LogP contribution in [0, 0.1) is 5.41 Å². The summed E-state index contributed by atoms with van der Waals surface area (Å²) in [4.78, 5) is 15.8. The normalized spacial score (nSPS) is 10.4. The quantitative estimate of drug-likeness (QED) is 0.547. The van der Waals surface area contributed by atoms with Crippen LogP contribution >= 0.6 is 11.6 Å². The van der Waals surface area contributed by atoms with E-state index in [0.717, 1.165) is 0 Å². The second-order valence-electron chi connectivity index (χ2n) is 4.74. The number of para-hydroxylation sites is 2. The molecule has 1 heterocycles. The number of methoxy groups -OCH3 is 1. The maximum absolute atomic E-state index is 11.5. The Morgan fingerprint density at radius 1 is 1.21 bits per heavy atom. The van der Waals surface area contributed by atoms with Crippen molar-refractivity contribution in [1.29, 1.82) is 5.41 Å². The Balaban J connectivity index is 1.99. The molecule has 3 rings (SSSR count). The molecule has 3 aromatic rings. The molecule has 0 spiro atoms. The third kappa shape index (κ3) is 3.16. The highest BCUT2D eigenvalue weighted by Gasteiger charge is 2.18. The molecule has 8 heteroatoms. The first-order valence-electron chi connectivity index (χ1n) is 6.93. The van der Waals surface area contributed by atoms with Crippen LogP contribution in [-0.4, -0.2) is 28.8 Å². The molecule has 0 radical (unpaired) electrons. The predicted octanol–water partition coefficient (Wildman–Crippen LogP) is 3.73. The van der Waals surface area contributed by atoms with Crippen LogP contribution in [-0.2, 0) is 4.74 Å². The Hall–Kier alpha value is -3.06. The molecule has 7 nitrogen and oxygen atoms in total. The lowest BCUT2D eigenvalue weighted by atomic mass is 10.3. The first kappa shape index (κ1) is 15.8. The van der Waals surface area contributed by atoms with Crippen LogP contribution in [0.3, 0.4) is 0 Å². The summed E-state index contributed by atoms with van der Waals surface area (Å²) < 4.78 is 11.5. The number of ether oxygens (including phenoxy) is 2. The Morgan fingerprint density at radius 3 is 2.62 bits per heavy atom. The molecular formula is C16H13ClN4O3. The first-order chi connectivity index (χ1) is 11.6. The minimum Gasteiger partial charge on any atom is -0.453 e. The molecule has 0 unspecified atom stereocenters. The maximum Gasteiger partial charge on any atom is 0.413 e. The average molecular weight is 345 g/mol. The van der Waals surface area contributed by atoms with Gasteiger partial charge in [0.05, 0.1) is 18.1 Å². The lowest BCUT2D eigenvalue weighted by Gasteiger charge is -2.11. The first-order valence-corrected chi connectivity index (χ1v) is 7.31. The molecule has 1 amide bonds. The summed E-state index contributed by atoms with van der Waals surface area (Å²) >= 11 is 5.84. The number of benzene rings is 2. The van der Waals surface area contributed by atoms with Crippen molar-refractivity contribution in [2.75, 3.05) is 12.4 Å². The number of halogens is 1. The number of anilines is 1. The number of imidazole rings is 1. The van der Waals surface area contributed by atoms with E-state index in [-0.39, 0.29) is 12.0 Å². The largest absolute Gasteiger partial charge is 0.453 e. The minimum absolute atomic E-state index is 0.127. The summed E-state index contributed by atoms with van der Waals surface area (Å²) in [5, 5.41) is 11.3. The third-order valence-corrected chi connectivity index (χ3v) is 3.44. The van der Waals surface area contributed by atoms with Crippen molar-refractivity contribution in [2.45, 2.75) is 0 Å². The fraction of sp³-hybridized carbons (Fsp3) is 0.0625. The fourth-order valence-corrected chi connectivity index (χ4v) is 2.24. The van der Waals surface area contributed by atoms with E-state index in [1.54, 1.807) is 42.5 Å². The number of rotatable bonds is 2. The topological polar surface area (TPSA) is 89.2 Å². The van der Waals surface area contributed by atoms with Gasteiger partial charge in [0.1, 0.15) is 5.75 Å². The highest BCUT2D eigenvalue weighted by molar-refractivity contribution is 6.30. The van der Waals surface area contributed by atoms with Crippen LogP contribution < -0.4 is 10.1 Å². The van der Waals surface area contributed by atoms with E-state index in [1.165, 1.54) is 11.7 Å². The molecule has 2 N–H and O–H groups in total. The molecule has 0 saturated heterocycles. The van der Waals surface area contributed by atoms with Crippen molar-refractivity contribution in [2.24, 2.45) is 0 Å². The summed E-state index contributed by atoms with van der Waals surface area (Å²) in [7, 11) is 1.25. The zero-order valence-corrected chi connectivity index (χ0v) is 13.4.